The highest BCUT2D eigenvalue weighted by Crippen LogP contribution is 2.39. The average Bonchev–Trinajstić information content (AvgIpc) is 3.19. The van der Waals surface area contributed by atoms with E-state index in [1.807, 2.05) is 0 Å². The lowest BCUT2D eigenvalue weighted by atomic mass is 9.93. The molecule has 0 amide bonds. The summed E-state index contributed by atoms with van der Waals surface area (Å²) in [5.74, 6) is 0.324. The minimum atomic E-state index is -0.905. The Bertz CT molecular complexity index is 891. The quantitative estimate of drug-likeness (QED) is 0.685. The molecule has 1 aromatic heterocycles. The lowest BCUT2D eigenvalue weighted by Crippen LogP contribution is -2.32. The Morgan fingerprint density at radius 1 is 1.41 bits per heavy atom. The fourth-order valence-electron chi connectivity index (χ4n) is 3.26. The third-order valence-corrected chi connectivity index (χ3v) is 6.65. The van der Waals surface area contributed by atoms with Gasteiger partial charge in [-0.05, 0) is 47.8 Å². The monoisotopic (exact) mass is 400 g/mol. The van der Waals surface area contributed by atoms with Gasteiger partial charge in [0, 0.05) is 23.1 Å². The molecule has 7 heteroatoms. The van der Waals surface area contributed by atoms with Crippen molar-refractivity contribution in [1.29, 1.82) is 0 Å². The van der Waals surface area contributed by atoms with Gasteiger partial charge in [-0.2, -0.15) is 0 Å². The molecule has 5 nitrogen and oxygen atoms in total. The van der Waals surface area contributed by atoms with Gasteiger partial charge in [0.05, 0.1) is 22.9 Å². The van der Waals surface area contributed by atoms with Crippen LogP contribution in [0.5, 0.6) is 5.75 Å². The van der Waals surface area contributed by atoms with Gasteiger partial charge in [0.25, 0.3) is 0 Å². The average molecular weight is 401 g/mol. The Morgan fingerprint density at radius 2 is 2.33 bits per heavy atom. The smallest absolute Gasteiger partial charge is 0.337 e. The standard InChI is InChI=1S/C20H20N2O3S2/c23-20(24)16-5-7-21-12-17(16)22-11-13-6-8-25-18-10-14(3-4-15(13)18)27-19-2-1-9-26-19/h1-5,7,9-10,13,21-22H,6,8,11-12H2,(H,23,24). The second-order valence-electron chi connectivity index (χ2n) is 6.36. The molecule has 0 radical (unpaired) electrons. The van der Waals surface area contributed by atoms with E-state index in [0.717, 1.165) is 17.9 Å². The summed E-state index contributed by atoms with van der Waals surface area (Å²) < 4.78 is 7.16. The molecule has 1 atom stereocenters. The summed E-state index contributed by atoms with van der Waals surface area (Å²) in [6.07, 6.45) is 4.18. The summed E-state index contributed by atoms with van der Waals surface area (Å²) in [7, 11) is 0. The van der Waals surface area contributed by atoms with Gasteiger partial charge >= 0.3 is 5.97 Å². The van der Waals surface area contributed by atoms with Crippen molar-refractivity contribution < 1.29 is 14.6 Å². The fraction of sp³-hybridized carbons (Fsp3) is 0.250. The second-order valence-corrected chi connectivity index (χ2v) is 8.68. The van der Waals surface area contributed by atoms with Gasteiger partial charge in [-0.25, -0.2) is 4.79 Å². The predicted octanol–water partition coefficient (Wildman–Crippen LogP) is 3.81. The molecule has 2 aliphatic rings. The minimum Gasteiger partial charge on any atom is -0.493 e. The number of hydrogen-bond donors (Lipinski definition) is 3. The summed E-state index contributed by atoms with van der Waals surface area (Å²) in [4.78, 5) is 12.6. The van der Waals surface area contributed by atoms with Gasteiger partial charge in [0.15, 0.2) is 0 Å². The maximum atomic E-state index is 11.4. The first kappa shape index (κ1) is 18.0. The first-order valence-electron chi connectivity index (χ1n) is 8.79. The Morgan fingerprint density at radius 3 is 3.15 bits per heavy atom. The zero-order valence-corrected chi connectivity index (χ0v) is 16.2. The second kappa shape index (κ2) is 8.10. The van der Waals surface area contributed by atoms with E-state index in [1.165, 1.54) is 14.7 Å². The van der Waals surface area contributed by atoms with Crippen molar-refractivity contribution >= 4 is 29.1 Å². The third-order valence-electron chi connectivity index (χ3n) is 4.63. The van der Waals surface area contributed by atoms with E-state index in [4.69, 9.17) is 4.74 Å². The van der Waals surface area contributed by atoms with Crippen LogP contribution in [-0.2, 0) is 4.79 Å². The van der Waals surface area contributed by atoms with Crippen LogP contribution in [0.15, 0.2) is 68.4 Å². The van der Waals surface area contributed by atoms with Crippen molar-refractivity contribution in [3.63, 3.8) is 0 Å². The molecule has 140 valence electrons. The van der Waals surface area contributed by atoms with Gasteiger partial charge in [0.2, 0.25) is 0 Å². The first-order valence-corrected chi connectivity index (χ1v) is 10.5. The van der Waals surface area contributed by atoms with Crippen LogP contribution in [0, 0.1) is 0 Å². The molecule has 4 rings (SSSR count). The fourth-order valence-corrected chi connectivity index (χ4v) is 5.04. The van der Waals surface area contributed by atoms with Crippen LogP contribution in [0.4, 0.5) is 0 Å². The molecule has 27 heavy (non-hydrogen) atoms. The molecular weight excluding hydrogens is 380 g/mol. The summed E-state index contributed by atoms with van der Waals surface area (Å²) in [6.45, 7) is 1.87. The van der Waals surface area contributed by atoms with Crippen LogP contribution in [0.2, 0.25) is 0 Å². The van der Waals surface area contributed by atoms with Crippen molar-refractivity contribution in [2.45, 2.75) is 21.4 Å². The number of thiophene rings is 1. The zero-order chi connectivity index (χ0) is 18.6. The van der Waals surface area contributed by atoms with Gasteiger partial charge < -0.3 is 20.5 Å². The lowest BCUT2D eigenvalue weighted by Gasteiger charge is -2.28. The largest absolute Gasteiger partial charge is 0.493 e. The molecule has 3 N–H and O–H groups in total. The maximum absolute atomic E-state index is 11.4. The van der Waals surface area contributed by atoms with E-state index in [1.54, 1.807) is 35.4 Å². The Labute approximate surface area is 166 Å². The molecule has 0 spiro atoms. The predicted molar refractivity (Wildman–Crippen MR) is 108 cm³/mol. The Hall–Kier alpha value is -2.38. The highest BCUT2D eigenvalue weighted by atomic mass is 32.2. The molecule has 0 saturated heterocycles. The number of carbonyl (C=O) groups is 1. The number of benzene rings is 1. The topological polar surface area (TPSA) is 70.6 Å². The first-order chi connectivity index (χ1) is 13.2. The summed E-state index contributed by atoms with van der Waals surface area (Å²) in [5.41, 5.74) is 2.23. The van der Waals surface area contributed by atoms with Gasteiger partial charge in [-0.3, -0.25) is 0 Å². The Balaban J connectivity index is 1.48. The number of hydrogen-bond acceptors (Lipinski definition) is 6. The molecular formula is C20H20N2O3S2. The molecule has 0 saturated carbocycles. The van der Waals surface area contributed by atoms with E-state index in [0.29, 0.717) is 31.2 Å². The molecule has 2 aliphatic heterocycles. The van der Waals surface area contributed by atoms with E-state index in [2.05, 4.69) is 46.3 Å². The number of aliphatic carboxylic acids is 1. The summed E-state index contributed by atoms with van der Waals surface area (Å²) in [5, 5.41) is 17.8. The van der Waals surface area contributed by atoms with Crippen LogP contribution in [-0.4, -0.2) is 30.8 Å². The van der Waals surface area contributed by atoms with E-state index in [-0.39, 0.29) is 0 Å². The van der Waals surface area contributed by atoms with Crippen molar-refractivity contribution in [3.05, 3.63) is 64.8 Å². The van der Waals surface area contributed by atoms with Gasteiger partial charge in [-0.1, -0.05) is 23.9 Å². The number of carboxylic acid groups (broad SMARTS) is 1. The number of rotatable bonds is 6. The number of ether oxygens (including phenoxy) is 1. The van der Waals surface area contributed by atoms with E-state index < -0.39 is 5.97 Å². The van der Waals surface area contributed by atoms with Crippen molar-refractivity contribution in [2.75, 3.05) is 19.7 Å². The van der Waals surface area contributed by atoms with Crippen LogP contribution >= 0.6 is 23.1 Å². The highest BCUT2D eigenvalue weighted by molar-refractivity contribution is 8.01. The molecule has 2 aromatic rings. The van der Waals surface area contributed by atoms with Crippen LogP contribution < -0.4 is 15.4 Å². The third kappa shape index (κ3) is 4.14. The molecule has 1 unspecified atom stereocenters. The van der Waals surface area contributed by atoms with E-state index in [9.17, 15) is 9.90 Å². The van der Waals surface area contributed by atoms with Gasteiger partial charge in [-0.15, -0.1) is 11.3 Å². The lowest BCUT2D eigenvalue weighted by molar-refractivity contribution is -0.132. The maximum Gasteiger partial charge on any atom is 0.337 e. The molecule has 0 aliphatic carbocycles. The Kier molecular flexibility index (Phi) is 5.40. The zero-order valence-electron chi connectivity index (χ0n) is 14.6. The summed E-state index contributed by atoms with van der Waals surface area (Å²) >= 11 is 3.47. The SMILES string of the molecule is O=C(O)C1=C(NCC2CCOc3cc(Sc4cccs4)ccc32)CNC=C1. The van der Waals surface area contributed by atoms with Crippen LogP contribution in [0.25, 0.3) is 0 Å². The van der Waals surface area contributed by atoms with Crippen molar-refractivity contribution in [1.82, 2.24) is 10.6 Å². The number of carboxylic acids is 1. The normalized spacial score (nSPS) is 18.4. The molecule has 0 bridgehead atoms. The van der Waals surface area contributed by atoms with Crippen molar-refractivity contribution in [2.24, 2.45) is 0 Å². The highest BCUT2D eigenvalue weighted by Gasteiger charge is 2.23. The van der Waals surface area contributed by atoms with E-state index >= 15 is 0 Å². The molecule has 1 aromatic carbocycles. The minimum absolute atomic E-state index is 0.294. The van der Waals surface area contributed by atoms with Gasteiger partial charge in [0.1, 0.15) is 5.75 Å². The van der Waals surface area contributed by atoms with Crippen LogP contribution in [0.3, 0.4) is 0 Å². The van der Waals surface area contributed by atoms with Crippen molar-refractivity contribution in [3.8, 4) is 5.75 Å². The molecule has 0 fully saturated rings. The number of fused-ring (bicyclic) bond motifs is 1. The van der Waals surface area contributed by atoms with Crippen LogP contribution in [0.1, 0.15) is 17.9 Å². The summed E-state index contributed by atoms with van der Waals surface area (Å²) in [6, 6.07) is 10.6. The molecule has 3 heterocycles. The number of nitrogens with one attached hydrogen (secondary N) is 2. The number of dihydropyridines is 1.